The van der Waals surface area contributed by atoms with Crippen molar-refractivity contribution < 1.29 is 13.2 Å². The summed E-state index contributed by atoms with van der Waals surface area (Å²) in [5.74, 6) is -0.262. The van der Waals surface area contributed by atoms with E-state index in [2.05, 4.69) is 10.3 Å². The van der Waals surface area contributed by atoms with E-state index in [0.717, 1.165) is 6.26 Å². The molecule has 0 unspecified atom stereocenters. The summed E-state index contributed by atoms with van der Waals surface area (Å²) in [6.07, 6.45) is 5.07. The van der Waals surface area contributed by atoms with Gasteiger partial charge in [-0.15, -0.1) is 16.4 Å². The Labute approximate surface area is 199 Å². The molecule has 0 bridgehead atoms. The van der Waals surface area contributed by atoms with Gasteiger partial charge in [0.1, 0.15) is 0 Å². The van der Waals surface area contributed by atoms with Gasteiger partial charge in [-0.3, -0.25) is 14.2 Å². The quantitative estimate of drug-likeness (QED) is 0.341. The number of carbonyl (C=O) groups excluding carboxylic acids is 1. The van der Waals surface area contributed by atoms with Crippen molar-refractivity contribution in [3.05, 3.63) is 91.7 Å². The molecule has 3 heterocycles. The number of hydrogen-bond donors (Lipinski definition) is 0. The summed E-state index contributed by atoms with van der Waals surface area (Å²) < 4.78 is 27.6. The zero-order valence-corrected chi connectivity index (χ0v) is 19.9. The Morgan fingerprint density at radius 2 is 1.97 bits per heavy atom. The van der Waals surface area contributed by atoms with E-state index in [4.69, 9.17) is 11.6 Å². The Balaban J connectivity index is 1.61. The number of rotatable bonds is 8. The molecule has 0 fully saturated rings. The second-order valence-electron chi connectivity index (χ2n) is 7.47. The van der Waals surface area contributed by atoms with Crippen LogP contribution < -0.4 is 5.56 Å². The van der Waals surface area contributed by atoms with Crippen LogP contribution in [-0.2, 0) is 22.0 Å². The van der Waals surface area contributed by atoms with Crippen LogP contribution in [0.1, 0.15) is 27.3 Å². The Kier molecular flexibility index (Phi) is 6.59. The summed E-state index contributed by atoms with van der Waals surface area (Å²) in [6.45, 7) is 0. The Morgan fingerprint density at radius 1 is 1.15 bits per heavy atom. The second kappa shape index (κ2) is 9.42. The molecule has 8 nitrogen and oxygen atoms in total. The van der Waals surface area contributed by atoms with Crippen molar-refractivity contribution in [3.63, 3.8) is 0 Å². The molecular weight excluding hydrogens is 484 g/mol. The van der Waals surface area contributed by atoms with Crippen LogP contribution in [0.15, 0.2) is 65.7 Å². The van der Waals surface area contributed by atoms with Gasteiger partial charge in [0.25, 0.3) is 5.56 Å². The van der Waals surface area contributed by atoms with Gasteiger partial charge in [-0.2, -0.15) is 0 Å². The minimum absolute atomic E-state index is 0.0307. The van der Waals surface area contributed by atoms with Crippen molar-refractivity contribution in [2.24, 2.45) is 0 Å². The van der Waals surface area contributed by atoms with E-state index in [1.165, 1.54) is 26.7 Å². The molecule has 0 radical (unpaired) electrons. The van der Waals surface area contributed by atoms with E-state index >= 15 is 0 Å². The third-order valence-corrected chi connectivity index (χ3v) is 6.93. The fourth-order valence-corrected chi connectivity index (χ4v) is 5.15. The molecule has 0 N–H and O–H groups in total. The van der Waals surface area contributed by atoms with Crippen molar-refractivity contribution in [2.75, 3.05) is 6.26 Å². The van der Waals surface area contributed by atoms with Crippen LogP contribution >= 0.6 is 22.9 Å². The fraction of sp³-hybridized carbons (Fsp3) is 0.182. The molecule has 0 aliphatic heterocycles. The number of nitrogens with zero attached hydrogens (tertiary/aromatic N) is 4. The molecule has 1 aromatic carbocycles. The van der Waals surface area contributed by atoms with Gasteiger partial charge in [0.05, 0.1) is 32.5 Å². The predicted molar refractivity (Wildman–Crippen MR) is 127 cm³/mol. The van der Waals surface area contributed by atoms with Crippen LogP contribution in [0.2, 0.25) is 4.34 Å². The average Bonchev–Trinajstić information content (AvgIpc) is 3.40. The molecule has 170 valence electrons. The van der Waals surface area contributed by atoms with Gasteiger partial charge < -0.3 is 0 Å². The van der Waals surface area contributed by atoms with Crippen molar-refractivity contribution in [1.29, 1.82) is 0 Å². The average molecular weight is 503 g/mol. The molecule has 0 saturated carbocycles. The molecule has 4 aromatic rings. The summed E-state index contributed by atoms with van der Waals surface area (Å²) >= 11 is 7.13. The molecule has 0 saturated heterocycles. The van der Waals surface area contributed by atoms with E-state index in [1.54, 1.807) is 54.9 Å². The highest BCUT2D eigenvalue weighted by Gasteiger charge is 2.16. The van der Waals surface area contributed by atoms with Gasteiger partial charge in [-0.05, 0) is 42.0 Å². The van der Waals surface area contributed by atoms with Gasteiger partial charge in [0, 0.05) is 37.0 Å². The van der Waals surface area contributed by atoms with E-state index in [1.807, 2.05) is 0 Å². The summed E-state index contributed by atoms with van der Waals surface area (Å²) in [5.41, 5.74) is 1.92. The first-order valence-corrected chi connectivity index (χ1v) is 13.1. The maximum absolute atomic E-state index is 12.3. The van der Waals surface area contributed by atoms with Gasteiger partial charge >= 0.3 is 0 Å². The van der Waals surface area contributed by atoms with Crippen molar-refractivity contribution >= 4 is 38.6 Å². The first-order valence-electron chi connectivity index (χ1n) is 9.88. The number of ketones is 1. The molecule has 0 amide bonds. The first-order chi connectivity index (χ1) is 15.7. The van der Waals surface area contributed by atoms with Crippen molar-refractivity contribution in [1.82, 2.24) is 19.6 Å². The number of Topliss-reactive ketones (excluding diaryl/α,β-unsaturated/α-hetero) is 1. The third kappa shape index (κ3) is 5.65. The van der Waals surface area contributed by atoms with E-state index in [-0.39, 0.29) is 23.5 Å². The number of sulfone groups is 1. The topological polar surface area (TPSA) is 104 Å². The third-order valence-electron chi connectivity index (χ3n) is 4.83. The number of benzene rings is 1. The highest BCUT2D eigenvalue weighted by Crippen LogP contribution is 2.24. The van der Waals surface area contributed by atoms with Crippen molar-refractivity contribution in [2.45, 2.75) is 18.6 Å². The molecule has 0 atom stereocenters. The largest absolute Gasteiger partial charge is 0.293 e. The molecule has 11 heteroatoms. The number of halogens is 1. The van der Waals surface area contributed by atoms with Gasteiger partial charge in [-0.25, -0.2) is 13.1 Å². The molecule has 33 heavy (non-hydrogen) atoms. The highest BCUT2D eigenvalue weighted by molar-refractivity contribution is 7.89. The normalized spacial score (nSPS) is 11.6. The van der Waals surface area contributed by atoms with Gasteiger partial charge in [0.2, 0.25) is 0 Å². The lowest BCUT2D eigenvalue weighted by atomic mass is 10.1. The number of carbonyl (C=O) groups is 1. The molecule has 4 rings (SSSR count). The minimum Gasteiger partial charge on any atom is -0.293 e. The SMILES string of the molecule is CS(=O)(=O)Cc1cc(-n2ccccc2=O)ccc1-n1cc(CCC(=O)c2ccc(Cl)s2)nn1. The van der Waals surface area contributed by atoms with E-state index in [9.17, 15) is 18.0 Å². The second-order valence-corrected chi connectivity index (χ2v) is 11.3. The smallest absolute Gasteiger partial charge is 0.255 e. The van der Waals surface area contributed by atoms with Crippen LogP contribution in [0.25, 0.3) is 11.4 Å². The fourth-order valence-electron chi connectivity index (χ4n) is 3.34. The van der Waals surface area contributed by atoms with Crippen LogP contribution in [0.4, 0.5) is 0 Å². The standard InChI is InChI=1S/C22H19ClN4O4S2/c1-33(30,31)14-15-12-17(26-11-3-2-4-22(26)29)6-7-18(15)27-13-16(24-25-27)5-8-19(28)20-9-10-21(23)32-20/h2-4,6-7,9-13H,5,8,14H2,1H3. The zero-order chi connectivity index (χ0) is 23.6. The Hall–Kier alpha value is -3.08. The lowest BCUT2D eigenvalue weighted by molar-refractivity contribution is 0.0986. The monoisotopic (exact) mass is 502 g/mol. The summed E-state index contributed by atoms with van der Waals surface area (Å²) in [5, 5.41) is 8.25. The number of hydrogen-bond acceptors (Lipinski definition) is 7. The van der Waals surface area contributed by atoms with E-state index < -0.39 is 9.84 Å². The van der Waals surface area contributed by atoms with Crippen LogP contribution in [0.3, 0.4) is 0 Å². The summed E-state index contributed by atoms with van der Waals surface area (Å²) in [6, 6.07) is 13.2. The highest BCUT2D eigenvalue weighted by atomic mass is 35.5. The van der Waals surface area contributed by atoms with Crippen molar-refractivity contribution in [3.8, 4) is 11.4 Å². The lowest BCUT2D eigenvalue weighted by Crippen LogP contribution is -2.16. The van der Waals surface area contributed by atoms with E-state index in [0.29, 0.717) is 38.3 Å². The molecule has 3 aromatic heterocycles. The maximum atomic E-state index is 12.3. The molecule has 0 spiro atoms. The Bertz CT molecular complexity index is 1490. The summed E-state index contributed by atoms with van der Waals surface area (Å²) in [7, 11) is -3.36. The summed E-state index contributed by atoms with van der Waals surface area (Å²) in [4.78, 5) is 25.1. The van der Waals surface area contributed by atoms with Crippen LogP contribution in [-0.4, -0.2) is 40.0 Å². The Morgan fingerprint density at radius 3 is 2.67 bits per heavy atom. The molecule has 0 aliphatic carbocycles. The number of aromatic nitrogens is 4. The first kappa shape index (κ1) is 23.1. The predicted octanol–water partition coefficient (Wildman–Crippen LogP) is 3.49. The minimum atomic E-state index is -3.36. The van der Waals surface area contributed by atoms with Gasteiger partial charge in [-0.1, -0.05) is 22.9 Å². The zero-order valence-electron chi connectivity index (χ0n) is 17.5. The van der Waals surface area contributed by atoms with Crippen LogP contribution in [0, 0.1) is 0 Å². The number of thiophene rings is 1. The van der Waals surface area contributed by atoms with Gasteiger partial charge in [0.15, 0.2) is 15.6 Å². The maximum Gasteiger partial charge on any atom is 0.255 e. The molecule has 0 aliphatic rings. The number of pyridine rings is 1. The van der Waals surface area contributed by atoms with Crippen LogP contribution in [0.5, 0.6) is 0 Å². The lowest BCUT2D eigenvalue weighted by Gasteiger charge is -2.12. The molecular formula is C22H19ClN4O4S2. The number of aryl methyl sites for hydroxylation is 1.